The third kappa shape index (κ3) is 3.28. The molecule has 1 N–H and O–H groups in total. The molecule has 3 rings (SSSR count). The summed E-state index contributed by atoms with van der Waals surface area (Å²) in [5.41, 5.74) is 0.891. The molecule has 116 valence electrons. The van der Waals surface area contributed by atoms with Crippen molar-refractivity contribution < 1.29 is 8.78 Å². The van der Waals surface area contributed by atoms with E-state index in [1.807, 2.05) is 0 Å². The average Bonchev–Trinajstić information content (AvgIpc) is 3.27. The Bertz CT molecular complexity index is 510. The monoisotopic (exact) mass is 293 g/mol. The van der Waals surface area contributed by atoms with Gasteiger partial charge < -0.3 is 5.32 Å². The predicted octanol–water partition coefficient (Wildman–Crippen LogP) is 4.55. The van der Waals surface area contributed by atoms with Crippen LogP contribution >= 0.6 is 0 Å². The van der Waals surface area contributed by atoms with E-state index < -0.39 is 0 Å². The SMILES string of the molecule is Cc1ccc(F)c(C2CC(C)CCC2CNC2CC2)c1F. The molecule has 0 amide bonds. The minimum absolute atomic E-state index is 0.0138. The van der Waals surface area contributed by atoms with Gasteiger partial charge in [0.15, 0.2) is 0 Å². The molecular weight excluding hydrogens is 268 g/mol. The molecule has 2 aliphatic rings. The highest BCUT2D eigenvalue weighted by molar-refractivity contribution is 5.30. The van der Waals surface area contributed by atoms with Crippen molar-refractivity contribution in [2.24, 2.45) is 11.8 Å². The Morgan fingerprint density at radius 2 is 1.90 bits per heavy atom. The summed E-state index contributed by atoms with van der Waals surface area (Å²) >= 11 is 0. The number of halogens is 2. The highest BCUT2D eigenvalue weighted by Gasteiger charge is 2.34. The number of nitrogens with one attached hydrogen (secondary N) is 1. The highest BCUT2D eigenvalue weighted by atomic mass is 19.1. The maximum Gasteiger partial charge on any atom is 0.132 e. The molecule has 21 heavy (non-hydrogen) atoms. The van der Waals surface area contributed by atoms with Gasteiger partial charge in [0.25, 0.3) is 0 Å². The van der Waals surface area contributed by atoms with Crippen molar-refractivity contribution >= 4 is 0 Å². The third-order valence-electron chi connectivity index (χ3n) is 5.19. The molecule has 0 aliphatic heterocycles. The Morgan fingerprint density at radius 3 is 2.62 bits per heavy atom. The van der Waals surface area contributed by atoms with E-state index in [1.54, 1.807) is 6.92 Å². The van der Waals surface area contributed by atoms with Gasteiger partial charge in [0.2, 0.25) is 0 Å². The fourth-order valence-electron chi connectivity index (χ4n) is 3.67. The van der Waals surface area contributed by atoms with Crippen LogP contribution in [0.3, 0.4) is 0 Å². The number of benzene rings is 1. The van der Waals surface area contributed by atoms with Crippen LogP contribution in [0.5, 0.6) is 0 Å². The van der Waals surface area contributed by atoms with E-state index in [0.717, 1.165) is 19.4 Å². The second kappa shape index (κ2) is 6.04. The van der Waals surface area contributed by atoms with E-state index in [1.165, 1.54) is 31.4 Å². The maximum absolute atomic E-state index is 14.5. The van der Waals surface area contributed by atoms with Gasteiger partial charge >= 0.3 is 0 Å². The van der Waals surface area contributed by atoms with Crippen LogP contribution in [0, 0.1) is 30.4 Å². The first kappa shape index (κ1) is 15.0. The van der Waals surface area contributed by atoms with Gasteiger partial charge in [0, 0.05) is 11.6 Å². The van der Waals surface area contributed by atoms with Gasteiger partial charge in [0.05, 0.1) is 0 Å². The summed E-state index contributed by atoms with van der Waals surface area (Å²) in [6, 6.07) is 3.62. The molecule has 2 fully saturated rings. The molecule has 2 saturated carbocycles. The molecule has 3 heteroatoms. The zero-order chi connectivity index (χ0) is 15.0. The molecule has 2 aliphatic carbocycles. The Labute approximate surface area is 126 Å². The van der Waals surface area contributed by atoms with Crippen LogP contribution in [0.25, 0.3) is 0 Å². The standard InChI is InChI=1S/C18H25F2N/c1-11-3-5-13(10-21-14-6-7-14)15(9-11)17-16(19)8-4-12(2)18(17)20/h4,8,11,13-15,21H,3,5-7,9-10H2,1-2H3. The van der Waals surface area contributed by atoms with Crippen molar-refractivity contribution in [3.8, 4) is 0 Å². The first-order valence-corrected chi connectivity index (χ1v) is 8.24. The summed E-state index contributed by atoms with van der Waals surface area (Å²) in [6.07, 6.45) is 5.64. The van der Waals surface area contributed by atoms with Crippen LogP contribution in [0.15, 0.2) is 12.1 Å². The summed E-state index contributed by atoms with van der Waals surface area (Å²) in [5, 5.41) is 3.55. The molecule has 0 radical (unpaired) electrons. The minimum Gasteiger partial charge on any atom is -0.314 e. The van der Waals surface area contributed by atoms with Crippen molar-refractivity contribution in [3.05, 3.63) is 34.9 Å². The Balaban J connectivity index is 1.85. The number of hydrogen-bond donors (Lipinski definition) is 1. The summed E-state index contributed by atoms with van der Waals surface area (Å²) < 4.78 is 28.8. The third-order valence-corrected chi connectivity index (χ3v) is 5.19. The Hall–Kier alpha value is -0.960. The van der Waals surface area contributed by atoms with Gasteiger partial charge in [-0.1, -0.05) is 19.4 Å². The summed E-state index contributed by atoms with van der Waals surface area (Å²) in [7, 11) is 0. The summed E-state index contributed by atoms with van der Waals surface area (Å²) in [6.45, 7) is 4.82. The lowest BCUT2D eigenvalue weighted by molar-refractivity contribution is 0.233. The number of aryl methyl sites for hydroxylation is 1. The molecule has 0 bridgehead atoms. The lowest BCUT2D eigenvalue weighted by atomic mass is 9.71. The van der Waals surface area contributed by atoms with Crippen molar-refractivity contribution in [3.63, 3.8) is 0 Å². The van der Waals surface area contributed by atoms with Crippen molar-refractivity contribution in [2.75, 3.05) is 6.54 Å². The van der Waals surface area contributed by atoms with Crippen LogP contribution in [0.4, 0.5) is 8.78 Å². The lowest BCUT2D eigenvalue weighted by Gasteiger charge is -2.36. The van der Waals surface area contributed by atoms with Gasteiger partial charge in [-0.2, -0.15) is 0 Å². The summed E-state index contributed by atoms with van der Waals surface area (Å²) in [5.74, 6) is 0.220. The second-order valence-corrected chi connectivity index (χ2v) is 7.06. The quantitative estimate of drug-likeness (QED) is 0.859. The minimum atomic E-state index is -0.367. The van der Waals surface area contributed by atoms with Crippen LogP contribution in [-0.2, 0) is 0 Å². The largest absolute Gasteiger partial charge is 0.314 e. The number of rotatable bonds is 4. The molecule has 3 atom stereocenters. The van der Waals surface area contributed by atoms with Crippen LogP contribution in [0.1, 0.15) is 56.1 Å². The molecule has 0 heterocycles. The van der Waals surface area contributed by atoms with Gasteiger partial charge in [-0.15, -0.1) is 0 Å². The Morgan fingerprint density at radius 1 is 1.14 bits per heavy atom. The van der Waals surface area contributed by atoms with Crippen LogP contribution in [-0.4, -0.2) is 12.6 Å². The molecule has 1 nitrogen and oxygen atoms in total. The van der Waals surface area contributed by atoms with E-state index in [9.17, 15) is 8.78 Å². The fraction of sp³-hybridized carbons (Fsp3) is 0.667. The lowest BCUT2D eigenvalue weighted by Crippen LogP contribution is -2.33. The molecule has 0 aromatic heterocycles. The zero-order valence-corrected chi connectivity index (χ0v) is 13.0. The van der Waals surface area contributed by atoms with E-state index in [-0.39, 0.29) is 17.6 Å². The summed E-state index contributed by atoms with van der Waals surface area (Å²) in [4.78, 5) is 0. The van der Waals surface area contributed by atoms with Gasteiger partial charge in [-0.05, 0) is 68.5 Å². The van der Waals surface area contributed by atoms with Crippen LogP contribution < -0.4 is 5.32 Å². The van der Waals surface area contributed by atoms with Crippen molar-refractivity contribution in [1.82, 2.24) is 5.32 Å². The van der Waals surface area contributed by atoms with E-state index in [2.05, 4.69) is 12.2 Å². The number of hydrogen-bond acceptors (Lipinski definition) is 1. The molecule has 1 aromatic carbocycles. The first-order valence-electron chi connectivity index (χ1n) is 8.24. The van der Waals surface area contributed by atoms with Gasteiger partial charge in [-0.3, -0.25) is 0 Å². The molecular formula is C18H25F2N. The first-order chi connectivity index (χ1) is 10.1. The predicted molar refractivity (Wildman–Crippen MR) is 81.4 cm³/mol. The zero-order valence-electron chi connectivity index (χ0n) is 13.0. The van der Waals surface area contributed by atoms with E-state index >= 15 is 0 Å². The average molecular weight is 293 g/mol. The van der Waals surface area contributed by atoms with E-state index in [4.69, 9.17) is 0 Å². The molecule has 3 unspecified atom stereocenters. The maximum atomic E-state index is 14.5. The van der Waals surface area contributed by atoms with E-state index in [0.29, 0.717) is 29.0 Å². The smallest absolute Gasteiger partial charge is 0.132 e. The molecule has 1 aromatic rings. The Kier molecular flexibility index (Phi) is 4.30. The van der Waals surface area contributed by atoms with Crippen LogP contribution in [0.2, 0.25) is 0 Å². The topological polar surface area (TPSA) is 12.0 Å². The molecule has 0 saturated heterocycles. The van der Waals surface area contributed by atoms with Crippen molar-refractivity contribution in [1.29, 1.82) is 0 Å². The highest BCUT2D eigenvalue weighted by Crippen LogP contribution is 2.42. The molecule has 0 spiro atoms. The fourth-order valence-corrected chi connectivity index (χ4v) is 3.67. The van der Waals surface area contributed by atoms with Crippen molar-refractivity contribution in [2.45, 2.75) is 57.9 Å². The van der Waals surface area contributed by atoms with Gasteiger partial charge in [0.1, 0.15) is 11.6 Å². The van der Waals surface area contributed by atoms with Gasteiger partial charge in [-0.25, -0.2) is 8.78 Å². The second-order valence-electron chi connectivity index (χ2n) is 7.06. The normalized spacial score (nSPS) is 29.6.